The van der Waals surface area contributed by atoms with Crippen LogP contribution in [0.2, 0.25) is 0 Å². The van der Waals surface area contributed by atoms with E-state index in [0.717, 1.165) is 19.3 Å². The van der Waals surface area contributed by atoms with Crippen molar-refractivity contribution < 1.29 is 14.3 Å². The van der Waals surface area contributed by atoms with E-state index >= 15 is 0 Å². The highest BCUT2D eigenvalue weighted by atomic mass is 16.6. The van der Waals surface area contributed by atoms with Crippen LogP contribution >= 0.6 is 0 Å². The third kappa shape index (κ3) is 2.60. The molecule has 5 nitrogen and oxygen atoms in total. The summed E-state index contributed by atoms with van der Waals surface area (Å²) in [4.78, 5) is 23.3. The number of hydrogen-bond acceptors (Lipinski definition) is 3. The molecular weight excluding hydrogens is 232 g/mol. The van der Waals surface area contributed by atoms with E-state index in [1.165, 1.54) is 0 Å². The quantitative estimate of drug-likeness (QED) is 0.781. The van der Waals surface area contributed by atoms with Crippen molar-refractivity contribution in [3.8, 4) is 0 Å². The Hall–Kier alpha value is -1.26. The van der Waals surface area contributed by atoms with Crippen molar-refractivity contribution in [2.75, 3.05) is 0 Å². The SMILES string of the molecule is CC(C)(C)OC(=O)N[C@@H]1[C@H]2CC[C@@H](C2)[C@@H]1C(N)=O. The lowest BCUT2D eigenvalue weighted by Crippen LogP contribution is -2.49. The minimum absolute atomic E-state index is 0.143. The first-order chi connectivity index (χ1) is 8.28. The maximum atomic E-state index is 11.8. The molecule has 0 heterocycles. The van der Waals surface area contributed by atoms with Crippen LogP contribution in [0.4, 0.5) is 4.79 Å². The molecule has 0 saturated heterocycles. The summed E-state index contributed by atoms with van der Waals surface area (Å²) in [5.74, 6) is 0.187. The van der Waals surface area contributed by atoms with Gasteiger partial charge in [0.25, 0.3) is 0 Å². The third-order valence-electron chi connectivity index (χ3n) is 3.93. The van der Waals surface area contributed by atoms with Gasteiger partial charge in [0.1, 0.15) is 5.60 Å². The van der Waals surface area contributed by atoms with E-state index in [1.807, 2.05) is 20.8 Å². The molecule has 0 aromatic rings. The van der Waals surface area contributed by atoms with Gasteiger partial charge in [-0.15, -0.1) is 0 Å². The molecule has 5 heteroatoms. The van der Waals surface area contributed by atoms with Crippen LogP contribution in [0, 0.1) is 17.8 Å². The number of carbonyl (C=O) groups excluding carboxylic acids is 2. The lowest BCUT2D eigenvalue weighted by atomic mass is 9.84. The first kappa shape index (κ1) is 13.2. The molecule has 0 spiro atoms. The van der Waals surface area contributed by atoms with E-state index in [4.69, 9.17) is 10.5 Å². The molecule has 102 valence electrons. The molecule has 3 N–H and O–H groups in total. The molecule has 0 unspecified atom stereocenters. The fraction of sp³-hybridized carbons (Fsp3) is 0.846. The van der Waals surface area contributed by atoms with Crippen LogP contribution in [-0.4, -0.2) is 23.6 Å². The minimum Gasteiger partial charge on any atom is -0.444 e. The lowest BCUT2D eigenvalue weighted by molar-refractivity contribution is -0.124. The summed E-state index contributed by atoms with van der Waals surface area (Å²) in [5, 5.41) is 2.84. The number of hydrogen-bond donors (Lipinski definition) is 2. The average Bonchev–Trinajstić information content (AvgIpc) is 2.73. The van der Waals surface area contributed by atoms with E-state index in [2.05, 4.69) is 5.32 Å². The Balaban J connectivity index is 2.00. The summed E-state index contributed by atoms with van der Waals surface area (Å²) in [6.07, 6.45) is 2.65. The molecular formula is C13H22N2O3. The first-order valence-corrected chi connectivity index (χ1v) is 6.57. The van der Waals surface area contributed by atoms with Gasteiger partial charge in [-0.1, -0.05) is 0 Å². The minimum atomic E-state index is -0.524. The number of ether oxygens (including phenoxy) is 1. The van der Waals surface area contributed by atoms with Gasteiger partial charge in [0.05, 0.1) is 5.92 Å². The van der Waals surface area contributed by atoms with Crippen molar-refractivity contribution in [3.63, 3.8) is 0 Å². The van der Waals surface area contributed by atoms with Crippen LogP contribution in [-0.2, 0) is 9.53 Å². The Morgan fingerprint density at radius 2 is 1.83 bits per heavy atom. The molecule has 2 rings (SSSR count). The van der Waals surface area contributed by atoms with Gasteiger partial charge in [0, 0.05) is 6.04 Å². The number of primary amides is 1. The largest absolute Gasteiger partial charge is 0.444 e. The fourth-order valence-electron chi connectivity index (χ4n) is 3.35. The zero-order valence-corrected chi connectivity index (χ0v) is 11.2. The molecule has 2 bridgehead atoms. The van der Waals surface area contributed by atoms with Crippen LogP contribution in [0.1, 0.15) is 40.0 Å². The van der Waals surface area contributed by atoms with Crippen LogP contribution < -0.4 is 11.1 Å². The first-order valence-electron chi connectivity index (χ1n) is 6.57. The topological polar surface area (TPSA) is 81.4 Å². The van der Waals surface area contributed by atoms with Gasteiger partial charge < -0.3 is 15.8 Å². The third-order valence-corrected chi connectivity index (χ3v) is 3.93. The Morgan fingerprint density at radius 1 is 1.22 bits per heavy atom. The van der Waals surface area contributed by atoms with Gasteiger partial charge >= 0.3 is 6.09 Å². The normalized spacial score (nSPS) is 34.4. The van der Waals surface area contributed by atoms with Gasteiger partial charge in [-0.2, -0.15) is 0 Å². The summed E-state index contributed by atoms with van der Waals surface area (Å²) < 4.78 is 5.23. The number of rotatable bonds is 2. The average molecular weight is 254 g/mol. The van der Waals surface area contributed by atoms with Crippen molar-refractivity contribution in [3.05, 3.63) is 0 Å². The molecule has 0 aromatic heterocycles. The highest BCUT2D eigenvalue weighted by molar-refractivity contribution is 5.79. The van der Waals surface area contributed by atoms with E-state index in [9.17, 15) is 9.59 Å². The second-order valence-electron chi connectivity index (χ2n) is 6.43. The Bertz CT molecular complexity index is 362. The zero-order valence-electron chi connectivity index (χ0n) is 11.2. The van der Waals surface area contributed by atoms with Gasteiger partial charge in [0.15, 0.2) is 0 Å². The molecule has 2 aliphatic rings. The lowest BCUT2D eigenvalue weighted by Gasteiger charge is -2.30. The van der Waals surface area contributed by atoms with Crippen molar-refractivity contribution in [2.45, 2.75) is 51.7 Å². The molecule has 2 fully saturated rings. The molecule has 2 saturated carbocycles. The molecule has 18 heavy (non-hydrogen) atoms. The van der Waals surface area contributed by atoms with E-state index in [-0.39, 0.29) is 17.9 Å². The van der Waals surface area contributed by atoms with E-state index in [1.54, 1.807) is 0 Å². The maximum Gasteiger partial charge on any atom is 0.407 e. The highest BCUT2D eigenvalue weighted by Crippen LogP contribution is 2.48. The van der Waals surface area contributed by atoms with E-state index in [0.29, 0.717) is 11.8 Å². The van der Waals surface area contributed by atoms with Crippen LogP contribution in [0.3, 0.4) is 0 Å². The van der Waals surface area contributed by atoms with Crippen molar-refractivity contribution >= 4 is 12.0 Å². The Kier molecular flexibility index (Phi) is 3.25. The van der Waals surface area contributed by atoms with Crippen molar-refractivity contribution in [1.29, 1.82) is 0 Å². The summed E-state index contributed by atoms with van der Waals surface area (Å²) in [7, 11) is 0. The van der Waals surface area contributed by atoms with Crippen LogP contribution in [0.5, 0.6) is 0 Å². The van der Waals surface area contributed by atoms with Gasteiger partial charge in [0.2, 0.25) is 5.91 Å². The number of fused-ring (bicyclic) bond motifs is 2. The second-order valence-corrected chi connectivity index (χ2v) is 6.43. The summed E-state index contributed by atoms with van der Waals surface area (Å²) in [5.41, 5.74) is 4.92. The summed E-state index contributed by atoms with van der Waals surface area (Å²) in [6.45, 7) is 5.46. The fourth-order valence-corrected chi connectivity index (χ4v) is 3.35. The monoisotopic (exact) mass is 254 g/mol. The maximum absolute atomic E-state index is 11.8. The number of alkyl carbamates (subject to hydrolysis) is 1. The highest BCUT2D eigenvalue weighted by Gasteiger charge is 2.51. The van der Waals surface area contributed by atoms with E-state index < -0.39 is 11.7 Å². The second kappa shape index (κ2) is 4.44. The predicted octanol–water partition coefficient (Wildman–Crippen LogP) is 1.41. The molecule has 2 amide bonds. The van der Waals surface area contributed by atoms with Gasteiger partial charge in [-0.25, -0.2) is 4.79 Å². The number of amides is 2. The van der Waals surface area contributed by atoms with Crippen LogP contribution in [0.25, 0.3) is 0 Å². The summed E-state index contributed by atoms with van der Waals surface area (Å²) in [6, 6.07) is -0.143. The standard InChI is InChI=1S/C13H22N2O3/c1-13(2,3)18-12(17)15-10-8-5-4-7(6-8)9(10)11(14)16/h7-10H,4-6H2,1-3H3,(H2,14,16)(H,15,17)/t7-,8-,9-,10+/m0/s1. The number of nitrogens with two attached hydrogens (primary N) is 1. The smallest absolute Gasteiger partial charge is 0.407 e. The summed E-state index contributed by atoms with van der Waals surface area (Å²) >= 11 is 0. The Morgan fingerprint density at radius 3 is 2.39 bits per heavy atom. The molecule has 0 aliphatic heterocycles. The zero-order chi connectivity index (χ0) is 13.5. The Labute approximate surface area is 107 Å². The van der Waals surface area contributed by atoms with Gasteiger partial charge in [-0.3, -0.25) is 4.79 Å². The molecule has 0 radical (unpaired) electrons. The number of carbonyl (C=O) groups is 2. The molecule has 4 atom stereocenters. The van der Waals surface area contributed by atoms with Crippen molar-refractivity contribution in [1.82, 2.24) is 5.32 Å². The predicted molar refractivity (Wildman–Crippen MR) is 66.7 cm³/mol. The van der Waals surface area contributed by atoms with Gasteiger partial charge in [-0.05, 0) is 51.9 Å². The number of nitrogens with one attached hydrogen (secondary N) is 1. The van der Waals surface area contributed by atoms with Crippen LogP contribution in [0.15, 0.2) is 0 Å². The van der Waals surface area contributed by atoms with Crippen molar-refractivity contribution in [2.24, 2.45) is 23.5 Å². The molecule has 0 aromatic carbocycles. The molecule has 2 aliphatic carbocycles.